The highest BCUT2D eigenvalue weighted by Crippen LogP contribution is 2.16. The maximum atomic E-state index is 11.1. The predicted molar refractivity (Wildman–Crippen MR) is 79.1 cm³/mol. The van der Waals surface area contributed by atoms with E-state index in [0.717, 1.165) is 24.8 Å². The van der Waals surface area contributed by atoms with E-state index in [0.29, 0.717) is 13.0 Å². The summed E-state index contributed by atoms with van der Waals surface area (Å²) in [6.45, 7) is 6.63. The second-order valence-electron chi connectivity index (χ2n) is 5.45. The quantitative estimate of drug-likeness (QED) is 0.410. The van der Waals surface area contributed by atoms with Crippen LogP contribution in [-0.4, -0.2) is 17.7 Å². The van der Waals surface area contributed by atoms with E-state index in [1.165, 1.54) is 25.7 Å². The highest BCUT2D eigenvalue weighted by molar-refractivity contribution is 5.69. The Morgan fingerprint density at radius 1 is 1.11 bits per heavy atom. The molecule has 112 valence electrons. The van der Waals surface area contributed by atoms with Crippen LogP contribution in [0.1, 0.15) is 72.1 Å². The number of carboxylic acid groups (broad SMARTS) is 1. The van der Waals surface area contributed by atoms with Gasteiger partial charge in [0.05, 0.1) is 18.8 Å². The average Bonchev–Trinajstić information content (AvgIpc) is 2.35. The van der Waals surface area contributed by atoms with Crippen LogP contribution in [0.5, 0.6) is 0 Å². The summed E-state index contributed by atoms with van der Waals surface area (Å²) in [5.74, 6) is -0.939. The normalized spacial score (nSPS) is 11.9. The molecule has 0 aliphatic heterocycles. The lowest BCUT2D eigenvalue weighted by Crippen LogP contribution is -2.15. The summed E-state index contributed by atoms with van der Waals surface area (Å²) >= 11 is 0. The number of aliphatic carboxylic acids is 1. The minimum atomic E-state index is -0.686. The molecule has 1 atom stereocenters. The summed E-state index contributed by atoms with van der Waals surface area (Å²) in [6, 6.07) is 0. The molecule has 0 rings (SSSR count). The third-order valence-corrected chi connectivity index (χ3v) is 3.16. The smallest absolute Gasteiger partial charge is 0.306 e. The molecule has 0 aromatic rings. The monoisotopic (exact) mass is 270 g/mol. The third kappa shape index (κ3) is 11.8. The highest BCUT2D eigenvalue weighted by atomic mass is 16.5. The Morgan fingerprint density at radius 3 is 2.32 bits per heavy atom. The molecule has 0 amide bonds. The number of unbranched alkanes of at least 4 members (excludes halogenated alkanes) is 5. The van der Waals surface area contributed by atoms with Crippen LogP contribution in [0.15, 0.2) is 11.8 Å². The van der Waals surface area contributed by atoms with E-state index >= 15 is 0 Å². The molecule has 3 heteroatoms. The van der Waals surface area contributed by atoms with Crippen molar-refractivity contribution in [1.29, 1.82) is 0 Å². The molecule has 0 aromatic heterocycles. The Labute approximate surface area is 118 Å². The Bertz CT molecular complexity index is 255. The highest BCUT2D eigenvalue weighted by Gasteiger charge is 2.16. The van der Waals surface area contributed by atoms with Crippen LogP contribution in [0.4, 0.5) is 0 Å². The van der Waals surface area contributed by atoms with Crippen molar-refractivity contribution >= 4 is 5.97 Å². The van der Waals surface area contributed by atoms with Gasteiger partial charge in [0.25, 0.3) is 0 Å². The van der Waals surface area contributed by atoms with E-state index < -0.39 is 5.97 Å². The molecule has 1 N–H and O–H groups in total. The molecule has 19 heavy (non-hydrogen) atoms. The predicted octanol–water partition coefficient (Wildman–Crippen LogP) is 4.77. The fraction of sp³-hybridized carbons (Fsp3) is 0.812. The molecule has 3 nitrogen and oxygen atoms in total. The van der Waals surface area contributed by atoms with Gasteiger partial charge in [-0.2, -0.15) is 0 Å². The van der Waals surface area contributed by atoms with E-state index in [4.69, 9.17) is 9.84 Å². The standard InChI is InChI=1S/C16H30O3/c1-4-5-6-7-8-9-10-15(16(17)18)11-12-19-13-14(2)3/h13,15H,4-12H2,1-3H3,(H,17,18). The van der Waals surface area contributed by atoms with Gasteiger partial charge < -0.3 is 9.84 Å². The number of hydrogen-bond donors (Lipinski definition) is 1. The number of carboxylic acids is 1. The molecule has 0 bridgehead atoms. The molecule has 0 saturated carbocycles. The van der Waals surface area contributed by atoms with Crippen molar-refractivity contribution in [3.63, 3.8) is 0 Å². The van der Waals surface area contributed by atoms with E-state index in [9.17, 15) is 4.79 Å². The molecule has 0 saturated heterocycles. The van der Waals surface area contributed by atoms with Crippen LogP contribution >= 0.6 is 0 Å². The van der Waals surface area contributed by atoms with Crippen LogP contribution in [0.3, 0.4) is 0 Å². The SMILES string of the molecule is CCCCCCCCC(CCOC=C(C)C)C(=O)O. The maximum absolute atomic E-state index is 11.1. The maximum Gasteiger partial charge on any atom is 0.306 e. The first-order valence-corrected chi connectivity index (χ1v) is 7.55. The van der Waals surface area contributed by atoms with Gasteiger partial charge in [0, 0.05) is 0 Å². The van der Waals surface area contributed by atoms with E-state index in [-0.39, 0.29) is 5.92 Å². The zero-order valence-corrected chi connectivity index (χ0v) is 12.8. The minimum absolute atomic E-state index is 0.253. The Balaban J connectivity index is 3.69. The summed E-state index contributed by atoms with van der Waals surface area (Å²) in [5, 5.41) is 9.15. The van der Waals surface area contributed by atoms with Crippen molar-refractivity contribution in [1.82, 2.24) is 0 Å². The number of carbonyl (C=O) groups is 1. The van der Waals surface area contributed by atoms with Gasteiger partial charge in [-0.15, -0.1) is 0 Å². The molecule has 0 aromatic carbocycles. The van der Waals surface area contributed by atoms with Gasteiger partial charge in [-0.05, 0) is 32.3 Å². The van der Waals surface area contributed by atoms with E-state index in [1.807, 2.05) is 13.8 Å². The number of rotatable bonds is 12. The van der Waals surface area contributed by atoms with Gasteiger partial charge in [0.1, 0.15) is 0 Å². The molecule has 0 aliphatic rings. The van der Waals surface area contributed by atoms with Crippen LogP contribution < -0.4 is 0 Å². The second-order valence-corrected chi connectivity index (χ2v) is 5.45. The average molecular weight is 270 g/mol. The molecule has 0 spiro atoms. The van der Waals surface area contributed by atoms with E-state index in [2.05, 4.69) is 6.92 Å². The first kappa shape index (κ1) is 18.0. The third-order valence-electron chi connectivity index (χ3n) is 3.16. The van der Waals surface area contributed by atoms with Crippen molar-refractivity contribution in [3.8, 4) is 0 Å². The first-order valence-electron chi connectivity index (χ1n) is 7.55. The van der Waals surface area contributed by atoms with Crippen LogP contribution in [0, 0.1) is 5.92 Å². The lowest BCUT2D eigenvalue weighted by Gasteiger charge is -2.12. The summed E-state index contributed by atoms with van der Waals surface area (Å²) < 4.78 is 5.31. The van der Waals surface area contributed by atoms with Gasteiger partial charge in [0.15, 0.2) is 0 Å². The van der Waals surface area contributed by atoms with Crippen molar-refractivity contribution in [2.75, 3.05) is 6.61 Å². The van der Waals surface area contributed by atoms with Crippen molar-refractivity contribution < 1.29 is 14.6 Å². The van der Waals surface area contributed by atoms with Crippen LogP contribution in [0.2, 0.25) is 0 Å². The Hall–Kier alpha value is -0.990. The summed E-state index contributed by atoms with van der Waals surface area (Å²) in [7, 11) is 0. The lowest BCUT2D eigenvalue weighted by atomic mass is 9.97. The Kier molecular flexibility index (Phi) is 11.4. The number of hydrogen-bond acceptors (Lipinski definition) is 2. The van der Waals surface area contributed by atoms with Gasteiger partial charge in [-0.25, -0.2) is 0 Å². The molecular weight excluding hydrogens is 240 g/mol. The van der Waals surface area contributed by atoms with Crippen molar-refractivity contribution in [2.24, 2.45) is 5.92 Å². The minimum Gasteiger partial charge on any atom is -0.501 e. The lowest BCUT2D eigenvalue weighted by molar-refractivity contribution is -0.142. The molecule has 0 fully saturated rings. The zero-order chi connectivity index (χ0) is 14.5. The topological polar surface area (TPSA) is 46.5 Å². The fourth-order valence-corrected chi connectivity index (χ4v) is 2.00. The number of ether oxygens (including phenoxy) is 1. The largest absolute Gasteiger partial charge is 0.501 e. The van der Waals surface area contributed by atoms with Crippen LogP contribution in [-0.2, 0) is 9.53 Å². The molecule has 0 heterocycles. The summed E-state index contributed by atoms with van der Waals surface area (Å²) in [6.07, 6.45) is 10.3. The van der Waals surface area contributed by atoms with Gasteiger partial charge in [-0.3, -0.25) is 4.79 Å². The molecule has 1 unspecified atom stereocenters. The van der Waals surface area contributed by atoms with Crippen LogP contribution in [0.25, 0.3) is 0 Å². The summed E-state index contributed by atoms with van der Waals surface area (Å²) in [5.41, 5.74) is 1.10. The van der Waals surface area contributed by atoms with Gasteiger partial charge >= 0.3 is 5.97 Å². The zero-order valence-electron chi connectivity index (χ0n) is 12.8. The van der Waals surface area contributed by atoms with Crippen molar-refractivity contribution in [2.45, 2.75) is 72.1 Å². The molecule has 0 radical (unpaired) electrons. The fourth-order valence-electron chi connectivity index (χ4n) is 2.00. The number of allylic oxidation sites excluding steroid dienone is 1. The van der Waals surface area contributed by atoms with E-state index in [1.54, 1.807) is 6.26 Å². The Morgan fingerprint density at radius 2 is 1.74 bits per heavy atom. The molecular formula is C16H30O3. The second kappa shape index (κ2) is 12.1. The molecule has 0 aliphatic carbocycles. The van der Waals surface area contributed by atoms with Gasteiger partial charge in [0.2, 0.25) is 0 Å². The van der Waals surface area contributed by atoms with Crippen molar-refractivity contribution in [3.05, 3.63) is 11.8 Å². The summed E-state index contributed by atoms with van der Waals surface area (Å²) in [4.78, 5) is 11.1. The van der Waals surface area contributed by atoms with Gasteiger partial charge in [-0.1, -0.05) is 45.4 Å². The first-order chi connectivity index (χ1) is 9.07.